The summed E-state index contributed by atoms with van der Waals surface area (Å²) < 4.78 is 41.3. The van der Waals surface area contributed by atoms with Crippen LogP contribution in [0.25, 0.3) is 0 Å². The zero-order chi connectivity index (χ0) is 21.4. The molecule has 0 aromatic rings. The summed E-state index contributed by atoms with van der Waals surface area (Å²) in [4.78, 5) is 21.3. The van der Waals surface area contributed by atoms with E-state index in [-0.39, 0.29) is 19.2 Å². The van der Waals surface area contributed by atoms with E-state index >= 15 is 0 Å². The molecule has 0 radical (unpaired) electrons. The number of hydrogen-bond donors (Lipinski definition) is 0. The van der Waals surface area contributed by atoms with Gasteiger partial charge in [-0.1, -0.05) is 6.58 Å². The molecule has 0 heterocycles. The Hall–Kier alpha value is -1.56. The van der Waals surface area contributed by atoms with Crippen LogP contribution in [-0.4, -0.2) is 104 Å². The predicted octanol–water partition coefficient (Wildman–Crippen LogP) is 0.378. The zero-order valence-corrected chi connectivity index (χ0v) is 17.3. The van der Waals surface area contributed by atoms with Crippen LogP contribution in [0, 0.1) is 0 Å². The van der Waals surface area contributed by atoms with Gasteiger partial charge in [-0.05, 0) is 0 Å². The van der Waals surface area contributed by atoms with E-state index in [9.17, 15) is 9.59 Å². The second kappa shape index (κ2) is 22.7. The largest absolute Gasteiger partial charge is 0.463 e. The first-order valence-corrected chi connectivity index (χ1v) is 9.55. The van der Waals surface area contributed by atoms with Crippen molar-refractivity contribution >= 4 is 11.9 Å². The number of ether oxygens (including phenoxy) is 8. The summed E-state index contributed by atoms with van der Waals surface area (Å²) in [5.74, 6) is -0.775. The van der Waals surface area contributed by atoms with Gasteiger partial charge in [0.2, 0.25) is 0 Å². The Bertz CT molecular complexity index is 402. The van der Waals surface area contributed by atoms with Crippen molar-refractivity contribution < 1.29 is 47.5 Å². The molecule has 0 spiro atoms. The van der Waals surface area contributed by atoms with Crippen molar-refractivity contribution in [1.82, 2.24) is 0 Å². The number of carbonyl (C=O) groups is 2. The second-order valence-corrected chi connectivity index (χ2v) is 5.39. The minimum absolute atomic E-state index is 0.199. The highest BCUT2D eigenvalue weighted by molar-refractivity contribution is 5.81. The van der Waals surface area contributed by atoms with Crippen molar-refractivity contribution in [1.29, 1.82) is 0 Å². The Balaban J connectivity index is 3.04. The van der Waals surface area contributed by atoms with Gasteiger partial charge in [0, 0.05) is 13.0 Å². The van der Waals surface area contributed by atoms with E-state index in [2.05, 4.69) is 6.58 Å². The van der Waals surface area contributed by atoms with Crippen molar-refractivity contribution in [2.45, 2.75) is 6.92 Å². The summed E-state index contributed by atoms with van der Waals surface area (Å²) in [5, 5.41) is 0. The van der Waals surface area contributed by atoms with E-state index in [1.165, 1.54) is 6.92 Å². The van der Waals surface area contributed by atoms with Gasteiger partial charge in [-0.15, -0.1) is 0 Å². The number of carbonyl (C=O) groups excluding carboxylic acids is 2. The van der Waals surface area contributed by atoms with Crippen LogP contribution in [0.15, 0.2) is 12.7 Å². The molecular weight excluding hydrogens is 388 g/mol. The van der Waals surface area contributed by atoms with Gasteiger partial charge in [-0.2, -0.15) is 0 Å². The average Bonchev–Trinajstić information content (AvgIpc) is 2.71. The number of esters is 2. The van der Waals surface area contributed by atoms with Gasteiger partial charge >= 0.3 is 11.9 Å². The Morgan fingerprint density at radius 1 is 0.552 bits per heavy atom. The van der Waals surface area contributed by atoms with Crippen LogP contribution in [0.2, 0.25) is 0 Å². The Morgan fingerprint density at radius 2 is 0.828 bits per heavy atom. The van der Waals surface area contributed by atoms with Crippen LogP contribution < -0.4 is 0 Å². The van der Waals surface area contributed by atoms with Crippen LogP contribution in [0.5, 0.6) is 0 Å². The van der Waals surface area contributed by atoms with Crippen LogP contribution in [0.3, 0.4) is 0 Å². The standard InChI is InChI=1S/C19H34O10/c1-3-19(21)29-17-15-27-13-11-25-9-7-23-5-4-22-6-8-24-10-12-26-14-16-28-18(2)20/h3H,1,4-17H2,2H3. The normalized spacial score (nSPS) is 10.7. The first-order valence-electron chi connectivity index (χ1n) is 9.55. The molecular formula is C19H34O10. The Kier molecular flexibility index (Phi) is 21.5. The Morgan fingerprint density at radius 3 is 1.10 bits per heavy atom. The summed E-state index contributed by atoms with van der Waals surface area (Å²) in [6, 6.07) is 0. The smallest absolute Gasteiger partial charge is 0.330 e. The molecule has 0 amide bonds. The fourth-order valence-corrected chi connectivity index (χ4v) is 1.71. The van der Waals surface area contributed by atoms with Gasteiger partial charge in [0.15, 0.2) is 0 Å². The van der Waals surface area contributed by atoms with E-state index in [0.717, 1.165) is 6.08 Å². The fourth-order valence-electron chi connectivity index (χ4n) is 1.71. The summed E-state index contributed by atoms with van der Waals surface area (Å²) >= 11 is 0. The SMILES string of the molecule is C=CC(=O)OCCOCCOCCOCCOCCOCCOCCOC(C)=O. The third-order valence-corrected chi connectivity index (χ3v) is 3.03. The van der Waals surface area contributed by atoms with Crippen LogP contribution in [-0.2, 0) is 47.5 Å². The molecule has 10 nitrogen and oxygen atoms in total. The molecule has 0 bridgehead atoms. The monoisotopic (exact) mass is 422 g/mol. The molecule has 170 valence electrons. The molecule has 0 unspecified atom stereocenters. The molecule has 0 aromatic heterocycles. The van der Waals surface area contributed by atoms with Gasteiger partial charge in [-0.25, -0.2) is 4.79 Å². The molecule has 0 aliphatic carbocycles. The quantitative estimate of drug-likeness (QED) is 0.138. The second-order valence-electron chi connectivity index (χ2n) is 5.39. The minimum Gasteiger partial charge on any atom is -0.463 e. The van der Waals surface area contributed by atoms with Crippen LogP contribution >= 0.6 is 0 Å². The van der Waals surface area contributed by atoms with Gasteiger partial charge < -0.3 is 37.9 Å². The molecule has 0 aliphatic heterocycles. The zero-order valence-electron chi connectivity index (χ0n) is 17.3. The maximum atomic E-state index is 10.8. The lowest BCUT2D eigenvalue weighted by Gasteiger charge is -2.08. The van der Waals surface area contributed by atoms with E-state index < -0.39 is 5.97 Å². The topological polar surface area (TPSA) is 108 Å². The highest BCUT2D eigenvalue weighted by atomic mass is 16.6. The Labute approximate surface area is 172 Å². The molecule has 10 heteroatoms. The molecule has 0 saturated carbocycles. The van der Waals surface area contributed by atoms with E-state index in [0.29, 0.717) is 79.3 Å². The van der Waals surface area contributed by atoms with Crippen molar-refractivity contribution in [3.8, 4) is 0 Å². The maximum Gasteiger partial charge on any atom is 0.330 e. The molecule has 0 N–H and O–H groups in total. The first-order chi connectivity index (χ1) is 14.2. The fraction of sp³-hybridized carbons (Fsp3) is 0.789. The van der Waals surface area contributed by atoms with Crippen molar-refractivity contribution in [3.63, 3.8) is 0 Å². The van der Waals surface area contributed by atoms with Crippen LogP contribution in [0.1, 0.15) is 6.92 Å². The number of rotatable bonds is 22. The molecule has 0 fully saturated rings. The lowest BCUT2D eigenvalue weighted by molar-refractivity contribution is -0.142. The minimum atomic E-state index is -0.461. The lowest BCUT2D eigenvalue weighted by Crippen LogP contribution is -2.15. The van der Waals surface area contributed by atoms with E-state index in [1.54, 1.807) is 0 Å². The molecule has 0 aromatic carbocycles. The van der Waals surface area contributed by atoms with Crippen molar-refractivity contribution in [3.05, 3.63) is 12.7 Å². The van der Waals surface area contributed by atoms with Crippen molar-refractivity contribution in [2.24, 2.45) is 0 Å². The van der Waals surface area contributed by atoms with Gasteiger partial charge in [0.25, 0.3) is 0 Å². The first kappa shape index (κ1) is 27.4. The van der Waals surface area contributed by atoms with E-state index in [1.807, 2.05) is 0 Å². The summed E-state index contributed by atoms with van der Waals surface area (Å²) in [6.45, 7) is 10.4. The molecule has 0 aliphatic rings. The summed E-state index contributed by atoms with van der Waals surface area (Å²) in [7, 11) is 0. The third-order valence-electron chi connectivity index (χ3n) is 3.03. The highest BCUT2D eigenvalue weighted by Crippen LogP contribution is 1.86. The average molecular weight is 422 g/mol. The van der Waals surface area contributed by atoms with Crippen LogP contribution in [0.4, 0.5) is 0 Å². The van der Waals surface area contributed by atoms with E-state index in [4.69, 9.17) is 37.9 Å². The van der Waals surface area contributed by atoms with Crippen molar-refractivity contribution in [2.75, 3.05) is 92.5 Å². The molecule has 0 atom stereocenters. The highest BCUT2D eigenvalue weighted by Gasteiger charge is 1.96. The van der Waals surface area contributed by atoms with Gasteiger partial charge in [0.05, 0.1) is 79.3 Å². The van der Waals surface area contributed by atoms with Gasteiger partial charge in [-0.3, -0.25) is 4.79 Å². The maximum absolute atomic E-state index is 10.8. The van der Waals surface area contributed by atoms with Gasteiger partial charge in [0.1, 0.15) is 13.2 Å². The number of hydrogen-bond acceptors (Lipinski definition) is 10. The molecule has 0 rings (SSSR count). The lowest BCUT2D eigenvalue weighted by atomic mass is 10.6. The molecule has 29 heavy (non-hydrogen) atoms. The summed E-state index contributed by atoms with van der Waals surface area (Å²) in [5.41, 5.74) is 0. The predicted molar refractivity (Wildman–Crippen MR) is 103 cm³/mol. The summed E-state index contributed by atoms with van der Waals surface area (Å²) in [6.07, 6.45) is 1.11. The third kappa shape index (κ3) is 24.4. The molecule has 0 saturated heterocycles.